The molecule has 0 unspecified atom stereocenters. The molecule has 0 radical (unpaired) electrons. The quantitative estimate of drug-likeness (QED) is 0.563. The maximum absolute atomic E-state index is 5.70. The highest BCUT2D eigenvalue weighted by atomic mass is 79.9. The molecule has 0 saturated heterocycles. The highest BCUT2D eigenvalue weighted by molar-refractivity contribution is 9.10. The Hall–Kier alpha value is -0.470. The lowest BCUT2D eigenvalue weighted by Crippen LogP contribution is -2.04. The van der Waals surface area contributed by atoms with E-state index in [-0.39, 0.29) is 0 Å². The van der Waals surface area contributed by atoms with Crippen LogP contribution in [0.15, 0.2) is 34.8 Å². The lowest BCUT2D eigenvalue weighted by atomic mass is 10.0. The van der Waals surface area contributed by atoms with Gasteiger partial charge in [0, 0.05) is 10.4 Å². The predicted octanol–water partition coefficient (Wildman–Crippen LogP) is 4.75. The highest BCUT2D eigenvalue weighted by Gasteiger charge is 2.08. The first-order chi connectivity index (χ1) is 7.54. The van der Waals surface area contributed by atoms with E-state index in [1.807, 2.05) is 12.1 Å². The molecule has 0 amide bonds. The molecule has 1 aromatic rings. The third-order valence-corrected chi connectivity index (χ3v) is 3.09. The van der Waals surface area contributed by atoms with Crippen molar-refractivity contribution < 1.29 is 4.74 Å². The first-order valence-corrected chi connectivity index (χ1v) is 6.52. The Morgan fingerprint density at radius 3 is 2.75 bits per heavy atom. The fourth-order valence-corrected chi connectivity index (χ4v) is 1.78. The van der Waals surface area contributed by atoms with Crippen LogP contribution in [-0.4, -0.2) is 12.5 Å². The average molecular weight is 304 g/mol. The van der Waals surface area contributed by atoms with Gasteiger partial charge >= 0.3 is 0 Å². The summed E-state index contributed by atoms with van der Waals surface area (Å²) in [6, 6.07) is 6.04. The van der Waals surface area contributed by atoms with Crippen molar-refractivity contribution in [2.75, 3.05) is 12.5 Å². The van der Waals surface area contributed by atoms with Gasteiger partial charge in [0.25, 0.3) is 0 Å². The van der Waals surface area contributed by atoms with Crippen LogP contribution in [0.1, 0.15) is 25.3 Å². The lowest BCUT2D eigenvalue weighted by molar-refractivity contribution is 0.347. The lowest BCUT2D eigenvalue weighted by Gasteiger charge is -2.14. The molecule has 1 aromatic carbocycles. The Morgan fingerprint density at radius 1 is 1.50 bits per heavy atom. The van der Waals surface area contributed by atoms with Gasteiger partial charge in [-0.1, -0.05) is 36.4 Å². The predicted molar refractivity (Wildman–Crippen MR) is 73.6 cm³/mol. The minimum absolute atomic E-state index is 0.428. The van der Waals surface area contributed by atoms with Crippen molar-refractivity contribution >= 4 is 27.5 Å². The first kappa shape index (κ1) is 13.6. The van der Waals surface area contributed by atoms with Crippen LogP contribution in [0.5, 0.6) is 5.75 Å². The summed E-state index contributed by atoms with van der Waals surface area (Å²) in [5.74, 6) is 1.77. The highest BCUT2D eigenvalue weighted by Crippen LogP contribution is 2.29. The molecule has 0 atom stereocenters. The molecule has 0 fully saturated rings. The minimum Gasteiger partial charge on any atom is -0.489 e. The van der Waals surface area contributed by atoms with E-state index in [0.717, 1.165) is 15.8 Å². The van der Waals surface area contributed by atoms with Crippen LogP contribution >= 0.6 is 27.5 Å². The Labute approximate surface area is 111 Å². The smallest absolute Gasteiger partial charge is 0.123 e. The molecule has 16 heavy (non-hydrogen) atoms. The normalized spacial score (nSPS) is 10.6. The Morgan fingerprint density at radius 2 is 2.19 bits per heavy atom. The third kappa shape index (κ3) is 3.84. The molecule has 1 nitrogen and oxygen atoms in total. The summed E-state index contributed by atoms with van der Waals surface area (Å²) >= 11 is 9.12. The molecule has 0 N–H and O–H groups in total. The molecule has 0 bridgehead atoms. The number of benzene rings is 1. The topological polar surface area (TPSA) is 9.23 Å². The zero-order chi connectivity index (χ0) is 12.1. The molecule has 88 valence electrons. The molecular weight excluding hydrogens is 287 g/mol. The third-order valence-electron chi connectivity index (χ3n) is 2.21. The molecule has 1 rings (SSSR count). The molecule has 0 aromatic heterocycles. The number of alkyl halides is 1. The summed E-state index contributed by atoms with van der Waals surface area (Å²) in [6.45, 7) is 8.58. The Balaban J connectivity index is 2.82. The summed E-state index contributed by atoms with van der Waals surface area (Å²) < 4.78 is 6.77. The molecule has 0 aliphatic heterocycles. The molecule has 0 spiro atoms. The number of rotatable bonds is 5. The Kier molecular flexibility index (Phi) is 5.36. The standard InChI is InChI=1S/C13H16BrClO/c1-9(2)12-6-11(14)4-5-13(12)16-8-10(3)7-15/h4-6,9H,3,7-8H2,1-2H3. The monoisotopic (exact) mass is 302 g/mol. The van der Waals surface area contributed by atoms with Crippen molar-refractivity contribution in [1.82, 2.24) is 0 Å². The van der Waals surface area contributed by atoms with Gasteiger partial charge in [0.05, 0.1) is 0 Å². The number of halogens is 2. The Bertz CT molecular complexity index is 374. The largest absolute Gasteiger partial charge is 0.489 e. The molecular formula is C13H16BrClO. The number of ether oxygens (including phenoxy) is 1. The van der Waals surface area contributed by atoms with Gasteiger partial charge in [0.2, 0.25) is 0 Å². The maximum atomic E-state index is 5.70. The zero-order valence-corrected chi connectivity index (χ0v) is 11.9. The summed E-state index contributed by atoms with van der Waals surface area (Å²) in [6.07, 6.45) is 0. The molecule has 0 saturated carbocycles. The maximum Gasteiger partial charge on any atom is 0.123 e. The second-order valence-electron chi connectivity index (χ2n) is 4.01. The van der Waals surface area contributed by atoms with Gasteiger partial charge < -0.3 is 4.74 Å². The van der Waals surface area contributed by atoms with Gasteiger partial charge in [-0.2, -0.15) is 0 Å². The van der Waals surface area contributed by atoms with Gasteiger partial charge in [0.1, 0.15) is 12.4 Å². The van der Waals surface area contributed by atoms with E-state index >= 15 is 0 Å². The summed E-state index contributed by atoms with van der Waals surface area (Å²) in [5.41, 5.74) is 2.08. The average Bonchev–Trinajstić information content (AvgIpc) is 2.26. The fraction of sp³-hybridized carbons (Fsp3) is 0.385. The van der Waals surface area contributed by atoms with Crippen LogP contribution in [0.25, 0.3) is 0 Å². The first-order valence-electron chi connectivity index (χ1n) is 5.19. The zero-order valence-electron chi connectivity index (χ0n) is 9.59. The van der Waals surface area contributed by atoms with Gasteiger partial charge in [-0.15, -0.1) is 11.6 Å². The van der Waals surface area contributed by atoms with Crippen molar-refractivity contribution in [1.29, 1.82) is 0 Å². The van der Waals surface area contributed by atoms with E-state index < -0.39 is 0 Å². The molecule has 0 aliphatic rings. The summed E-state index contributed by atoms with van der Waals surface area (Å²) in [7, 11) is 0. The van der Waals surface area contributed by atoms with Crippen molar-refractivity contribution in [3.63, 3.8) is 0 Å². The van der Waals surface area contributed by atoms with Crippen molar-refractivity contribution in [2.45, 2.75) is 19.8 Å². The second kappa shape index (κ2) is 6.31. The van der Waals surface area contributed by atoms with Crippen LogP contribution in [0.3, 0.4) is 0 Å². The second-order valence-corrected chi connectivity index (χ2v) is 5.19. The van der Waals surface area contributed by atoms with Crippen LogP contribution in [0.4, 0.5) is 0 Å². The van der Waals surface area contributed by atoms with Gasteiger partial charge in [0.15, 0.2) is 0 Å². The SMILES string of the molecule is C=C(CCl)COc1ccc(Br)cc1C(C)C. The molecule has 0 heterocycles. The van der Waals surface area contributed by atoms with Gasteiger partial charge in [-0.25, -0.2) is 0 Å². The van der Waals surface area contributed by atoms with E-state index in [0.29, 0.717) is 18.4 Å². The van der Waals surface area contributed by atoms with Crippen molar-refractivity contribution in [3.05, 3.63) is 40.4 Å². The van der Waals surface area contributed by atoms with Crippen LogP contribution in [0, 0.1) is 0 Å². The van der Waals surface area contributed by atoms with Crippen molar-refractivity contribution in [3.8, 4) is 5.75 Å². The number of hydrogen-bond acceptors (Lipinski definition) is 1. The van der Waals surface area contributed by atoms with Crippen molar-refractivity contribution in [2.24, 2.45) is 0 Å². The number of hydrogen-bond donors (Lipinski definition) is 0. The summed E-state index contributed by atoms with van der Waals surface area (Å²) in [4.78, 5) is 0. The van der Waals surface area contributed by atoms with E-state index in [9.17, 15) is 0 Å². The molecule has 3 heteroatoms. The van der Waals surface area contributed by atoms with Crippen LogP contribution < -0.4 is 4.74 Å². The van der Waals surface area contributed by atoms with Crippen LogP contribution in [0.2, 0.25) is 0 Å². The minimum atomic E-state index is 0.428. The fourth-order valence-electron chi connectivity index (χ4n) is 1.32. The van der Waals surface area contributed by atoms with E-state index in [4.69, 9.17) is 16.3 Å². The van der Waals surface area contributed by atoms with Gasteiger partial charge in [-0.3, -0.25) is 0 Å². The summed E-state index contributed by atoms with van der Waals surface area (Å²) in [5, 5.41) is 0. The van der Waals surface area contributed by atoms with Crippen LogP contribution in [-0.2, 0) is 0 Å². The van der Waals surface area contributed by atoms with E-state index in [1.54, 1.807) is 0 Å². The van der Waals surface area contributed by atoms with Gasteiger partial charge in [-0.05, 0) is 35.3 Å². The molecule has 0 aliphatic carbocycles. The van der Waals surface area contributed by atoms with E-state index in [1.165, 1.54) is 5.56 Å². The van der Waals surface area contributed by atoms with E-state index in [2.05, 4.69) is 42.4 Å².